The molecule has 0 heterocycles. The van der Waals surface area contributed by atoms with E-state index in [1.807, 2.05) is 6.07 Å². The summed E-state index contributed by atoms with van der Waals surface area (Å²) in [6.07, 6.45) is 0. The van der Waals surface area contributed by atoms with E-state index in [4.69, 9.17) is 11.6 Å². The maximum atomic E-state index is 13.3. The number of carbonyl (C=O) groups is 1. The van der Waals surface area contributed by atoms with Crippen molar-refractivity contribution in [1.29, 1.82) is 0 Å². The van der Waals surface area contributed by atoms with Crippen LogP contribution in [0.15, 0.2) is 86.6 Å². The maximum absolute atomic E-state index is 13.3. The van der Waals surface area contributed by atoms with Crippen LogP contribution < -0.4 is 5.32 Å². The lowest BCUT2D eigenvalue weighted by atomic mass is 10.2. The van der Waals surface area contributed by atoms with Gasteiger partial charge in [0, 0.05) is 26.2 Å². The fraction of sp³-hybridized carbons (Fsp3) is 0.0952. The van der Waals surface area contributed by atoms with E-state index in [0.717, 1.165) is 18.8 Å². The monoisotopic (exact) mass is 570 g/mol. The van der Waals surface area contributed by atoms with E-state index in [-0.39, 0.29) is 18.0 Å². The van der Waals surface area contributed by atoms with Gasteiger partial charge in [-0.25, -0.2) is 8.42 Å². The lowest BCUT2D eigenvalue weighted by molar-refractivity contribution is -0.116. The Kier molecular flexibility index (Phi) is 7.70. The molecule has 3 aromatic carbocycles. The Balaban J connectivity index is 1.87. The van der Waals surface area contributed by atoms with Gasteiger partial charge in [-0.05, 0) is 60.2 Å². The molecule has 0 atom stereocenters. The van der Waals surface area contributed by atoms with Crippen molar-refractivity contribution in [2.75, 3.05) is 11.9 Å². The molecule has 5 nitrogen and oxygen atoms in total. The highest BCUT2D eigenvalue weighted by Gasteiger charge is 2.27. The predicted molar refractivity (Wildman–Crippen MR) is 126 cm³/mol. The SMILES string of the molecule is O=C(CN(Cc1ccc(Cl)cc1)S(=O)(=O)c1ccc(Br)cc1)Nc1cccc(Br)c1. The third-order valence-electron chi connectivity index (χ3n) is 4.15. The van der Waals surface area contributed by atoms with E-state index in [0.29, 0.717) is 10.7 Å². The van der Waals surface area contributed by atoms with Crippen LogP contribution in [0.3, 0.4) is 0 Å². The molecule has 1 amide bonds. The molecule has 3 aromatic rings. The first-order chi connectivity index (χ1) is 14.2. The number of hydrogen-bond donors (Lipinski definition) is 1. The largest absolute Gasteiger partial charge is 0.325 e. The molecule has 0 aromatic heterocycles. The van der Waals surface area contributed by atoms with E-state index in [1.165, 1.54) is 12.1 Å². The van der Waals surface area contributed by atoms with Crippen molar-refractivity contribution in [2.24, 2.45) is 0 Å². The molecule has 0 aliphatic carbocycles. The zero-order valence-corrected chi connectivity index (χ0v) is 20.3. The Morgan fingerprint density at radius 2 is 1.60 bits per heavy atom. The molecule has 9 heteroatoms. The van der Waals surface area contributed by atoms with Crippen LogP contribution in [0, 0.1) is 0 Å². The Morgan fingerprint density at radius 1 is 0.933 bits per heavy atom. The van der Waals surface area contributed by atoms with Gasteiger partial charge in [0.25, 0.3) is 0 Å². The second-order valence-electron chi connectivity index (χ2n) is 6.41. The fourth-order valence-electron chi connectivity index (χ4n) is 2.70. The van der Waals surface area contributed by atoms with Gasteiger partial charge in [-0.1, -0.05) is 61.7 Å². The standard InChI is InChI=1S/C21H17Br2ClN2O3S/c22-16-6-10-20(11-7-16)30(28,29)26(13-15-4-8-18(24)9-5-15)14-21(27)25-19-3-1-2-17(23)12-19/h1-12H,13-14H2,(H,25,27). The fourth-order valence-corrected chi connectivity index (χ4v) is 4.88. The first kappa shape index (κ1) is 23.0. The van der Waals surface area contributed by atoms with Crippen LogP contribution in [0.25, 0.3) is 0 Å². The second kappa shape index (κ2) is 10.1. The van der Waals surface area contributed by atoms with Crippen molar-refractivity contribution in [3.63, 3.8) is 0 Å². The molecule has 0 aliphatic heterocycles. The molecule has 0 bridgehead atoms. The first-order valence-electron chi connectivity index (χ1n) is 8.79. The summed E-state index contributed by atoms with van der Waals surface area (Å²) in [6, 6.07) is 20.2. The number of halogens is 3. The van der Waals surface area contributed by atoms with Crippen LogP contribution >= 0.6 is 43.5 Å². The van der Waals surface area contributed by atoms with E-state index >= 15 is 0 Å². The van der Waals surface area contributed by atoms with Crippen molar-refractivity contribution in [1.82, 2.24) is 4.31 Å². The molecule has 3 rings (SSSR count). The summed E-state index contributed by atoms with van der Waals surface area (Å²) in [7, 11) is -3.91. The topological polar surface area (TPSA) is 66.5 Å². The van der Waals surface area contributed by atoms with Gasteiger partial charge in [0.1, 0.15) is 0 Å². The van der Waals surface area contributed by atoms with Gasteiger partial charge in [-0.2, -0.15) is 4.31 Å². The molecular formula is C21H17Br2ClN2O3S. The zero-order valence-electron chi connectivity index (χ0n) is 15.6. The Morgan fingerprint density at radius 3 is 2.23 bits per heavy atom. The van der Waals surface area contributed by atoms with E-state index in [1.54, 1.807) is 54.6 Å². The summed E-state index contributed by atoms with van der Waals surface area (Å²) in [6.45, 7) is -0.311. The number of sulfonamides is 1. The number of carbonyl (C=O) groups excluding carboxylic acids is 1. The highest BCUT2D eigenvalue weighted by molar-refractivity contribution is 9.10. The Hall–Kier alpha value is -1.71. The third-order valence-corrected chi connectivity index (χ3v) is 7.23. The molecule has 0 aliphatic rings. The molecule has 0 radical (unpaired) electrons. The normalized spacial score (nSPS) is 11.5. The number of nitrogens with zero attached hydrogens (tertiary/aromatic N) is 1. The van der Waals surface area contributed by atoms with Crippen LogP contribution in [0.5, 0.6) is 0 Å². The molecule has 1 N–H and O–H groups in total. The Bertz CT molecular complexity index is 1140. The van der Waals surface area contributed by atoms with Gasteiger partial charge in [-0.3, -0.25) is 4.79 Å². The summed E-state index contributed by atoms with van der Waals surface area (Å²) in [5, 5.41) is 3.29. The van der Waals surface area contributed by atoms with Gasteiger partial charge in [0.2, 0.25) is 15.9 Å². The average Bonchev–Trinajstić information content (AvgIpc) is 2.69. The highest BCUT2D eigenvalue weighted by Crippen LogP contribution is 2.22. The summed E-state index contributed by atoms with van der Waals surface area (Å²) < 4.78 is 29.2. The maximum Gasteiger partial charge on any atom is 0.243 e. The summed E-state index contributed by atoms with van der Waals surface area (Å²) >= 11 is 12.6. The van der Waals surface area contributed by atoms with Crippen molar-refractivity contribution in [2.45, 2.75) is 11.4 Å². The minimum atomic E-state index is -3.91. The summed E-state index contributed by atoms with van der Waals surface area (Å²) in [5.41, 5.74) is 1.29. The minimum Gasteiger partial charge on any atom is -0.325 e. The molecule has 0 saturated heterocycles. The van der Waals surface area contributed by atoms with Crippen LogP contribution in [0.4, 0.5) is 5.69 Å². The van der Waals surface area contributed by atoms with Crippen LogP contribution in [-0.4, -0.2) is 25.2 Å². The molecule has 0 spiro atoms. The van der Waals surface area contributed by atoms with Gasteiger partial charge >= 0.3 is 0 Å². The predicted octanol–water partition coefficient (Wildman–Crippen LogP) is 5.69. The average molecular weight is 573 g/mol. The smallest absolute Gasteiger partial charge is 0.243 e. The van der Waals surface area contributed by atoms with Crippen molar-refractivity contribution >= 4 is 65.1 Å². The lowest BCUT2D eigenvalue weighted by Crippen LogP contribution is -2.37. The second-order valence-corrected chi connectivity index (χ2v) is 10.6. The van der Waals surface area contributed by atoms with E-state index in [9.17, 15) is 13.2 Å². The number of anilines is 1. The number of amides is 1. The van der Waals surface area contributed by atoms with Crippen molar-refractivity contribution < 1.29 is 13.2 Å². The van der Waals surface area contributed by atoms with Crippen LogP contribution in [-0.2, 0) is 21.4 Å². The van der Waals surface area contributed by atoms with Crippen molar-refractivity contribution in [3.8, 4) is 0 Å². The molecule has 156 valence electrons. The first-order valence-corrected chi connectivity index (χ1v) is 12.2. The minimum absolute atomic E-state index is 0.0292. The number of hydrogen-bond acceptors (Lipinski definition) is 3. The molecular weight excluding hydrogens is 556 g/mol. The van der Waals surface area contributed by atoms with Crippen molar-refractivity contribution in [3.05, 3.63) is 92.3 Å². The lowest BCUT2D eigenvalue weighted by Gasteiger charge is -2.22. The van der Waals surface area contributed by atoms with Gasteiger partial charge in [0.15, 0.2) is 0 Å². The highest BCUT2D eigenvalue weighted by atomic mass is 79.9. The van der Waals surface area contributed by atoms with Gasteiger partial charge < -0.3 is 5.32 Å². The Labute approximate surface area is 197 Å². The van der Waals surface area contributed by atoms with Crippen LogP contribution in [0.2, 0.25) is 5.02 Å². The van der Waals surface area contributed by atoms with E-state index in [2.05, 4.69) is 37.2 Å². The third kappa shape index (κ3) is 6.15. The van der Waals surface area contributed by atoms with Gasteiger partial charge in [0.05, 0.1) is 11.4 Å². The molecule has 30 heavy (non-hydrogen) atoms. The van der Waals surface area contributed by atoms with Crippen LogP contribution in [0.1, 0.15) is 5.56 Å². The number of rotatable bonds is 7. The molecule has 0 fully saturated rings. The quantitative estimate of drug-likeness (QED) is 0.395. The van der Waals surface area contributed by atoms with E-state index < -0.39 is 15.9 Å². The number of nitrogens with one attached hydrogen (secondary N) is 1. The molecule has 0 saturated carbocycles. The zero-order chi connectivity index (χ0) is 21.7. The summed E-state index contributed by atoms with van der Waals surface area (Å²) in [5.74, 6) is -0.442. The number of benzene rings is 3. The summed E-state index contributed by atoms with van der Waals surface area (Å²) in [4.78, 5) is 12.8. The van der Waals surface area contributed by atoms with Gasteiger partial charge in [-0.15, -0.1) is 0 Å². The molecule has 0 unspecified atom stereocenters.